The second-order valence-corrected chi connectivity index (χ2v) is 10.3. The molecule has 1 saturated carbocycles. The van der Waals surface area contributed by atoms with Crippen LogP contribution in [0.2, 0.25) is 0 Å². The van der Waals surface area contributed by atoms with Crippen LogP contribution in [0, 0.1) is 5.92 Å². The quantitative estimate of drug-likeness (QED) is 0.300. The molecule has 6 atom stereocenters. The van der Waals surface area contributed by atoms with Crippen LogP contribution in [0.5, 0.6) is 0 Å². The number of amides is 5. The number of carbonyl (C=O) groups is 6. The van der Waals surface area contributed by atoms with Crippen LogP contribution in [0.3, 0.4) is 0 Å². The molecule has 6 unspecified atom stereocenters. The highest BCUT2D eigenvalue weighted by molar-refractivity contribution is 5.97. The highest BCUT2D eigenvalue weighted by atomic mass is 19.4. The molecular weight excluding hydrogens is 527 g/mol. The largest absolute Gasteiger partial charge is 0.458 e. The summed E-state index contributed by atoms with van der Waals surface area (Å²) in [4.78, 5) is 75.1. The van der Waals surface area contributed by atoms with Crippen LogP contribution in [0.1, 0.15) is 51.4 Å². The first-order valence-electron chi connectivity index (χ1n) is 12.8. The summed E-state index contributed by atoms with van der Waals surface area (Å²) < 4.78 is 45.3. The first-order chi connectivity index (χ1) is 18.3. The van der Waals surface area contributed by atoms with Gasteiger partial charge in [0.1, 0.15) is 24.2 Å². The standard InChI is InChI=1S/C24H30F3N5O7/c25-24(26,27)13-9-20(35)39-17-8-11(3-4-12(13)17)29-22(37)16-2-1-7-32(16)23(38)15(10-18(28)33)31-21(36)14-5-6-19(34)30-14/h9,11-12,14-17H,1-8,10H2,(H2,28,33)(H,29,37)(H,30,34)(H,31,36). The van der Waals surface area contributed by atoms with E-state index in [9.17, 15) is 41.9 Å². The van der Waals surface area contributed by atoms with E-state index in [1.807, 2.05) is 0 Å². The molecule has 0 radical (unpaired) electrons. The zero-order valence-corrected chi connectivity index (χ0v) is 20.9. The molecule has 1 aliphatic carbocycles. The Hall–Kier alpha value is -3.65. The molecule has 39 heavy (non-hydrogen) atoms. The van der Waals surface area contributed by atoms with Gasteiger partial charge in [0.25, 0.3) is 0 Å². The van der Waals surface area contributed by atoms with Crippen molar-refractivity contribution < 1.29 is 46.7 Å². The molecule has 0 aromatic carbocycles. The van der Waals surface area contributed by atoms with Crippen LogP contribution in [0.25, 0.3) is 0 Å². The van der Waals surface area contributed by atoms with Gasteiger partial charge in [0, 0.05) is 43.0 Å². The molecule has 0 aromatic heterocycles. The number of hydrogen-bond donors (Lipinski definition) is 4. The number of likely N-dealkylation sites (tertiary alicyclic amines) is 1. The first kappa shape index (κ1) is 28.4. The van der Waals surface area contributed by atoms with Crippen LogP contribution in [0.15, 0.2) is 11.6 Å². The van der Waals surface area contributed by atoms with Gasteiger partial charge in [0.2, 0.25) is 29.5 Å². The zero-order valence-electron chi connectivity index (χ0n) is 20.9. The molecule has 3 heterocycles. The molecule has 12 nitrogen and oxygen atoms in total. The minimum Gasteiger partial charge on any atom is -0.458 e. The van der Waals surface area contributed by atoms with E-state index in [4.69, 9.17) is 10.5 Å². The average molecular weight is 558 g/mol. The van der Waals surface area contributed by atoms with E-state index in [2.05, 4.69) is 16.0 Å². The number of alkyl halides is 3. The second kappa shape index (κ2) is 11.2. The molecule has 5 amide bonds. The molecule has 4 rings (SSSR count). The smallest absolute Gasteiger partial charge is 0.413 e. The van der Waals surface area contributed by atoms with Crippen LogP contribution >= 0.6 is 0 Å². The van der Waals surface area contributed by atoms with Crippen LogP contribution in [-0.2, 0) is 33.5 Å². The second-order valence-electron chi connectivity index (χ2n) is 10.3. The Morgan fingerprint density at radius 2 is 1.87 bits per heavy atom. The molecule has 15 heteroatoms. The van der Waals surface area contributed by atoms with Gasteiger partial charge in [0.05, 0.1) is 6.42 Å². The van der Waals surface area contributed by atoms with Crippen molar-refractivity contribution in [3.05, 3.63) is 11.6 Å². The molecule has 0 bridgehead atoms. The first-order valence-corrected chi connectivity index (χ1v) is 12.8. The fraction of sp³-hybridized carbons (Fsp3) is 0.667. The molecule has 3 aliphatic heterocycles. The number of carbonyl (C=O) groups excluding carboxylic acids is 6. The molecule has 4 aliphatic rings. The molecular formula is C24H30F3N5O7. The highest BCUT2D eigenvalue weighted by Gasteiger charge is 2.49. The van der Waals surface area contributed by atoms with Crippen molar-refractivity contribution in [3.8, 4) is 0 Å². The number of fused-ring (bicyclic) bond motifs is 1. The van der Waals surface area contributed by atoms with Gasteiger partial charge in [-0.05, 0) is 32.1 Å². The minimum absolute atomic E-state index is 0.0102. The summed E-state index contributed by atoms with van der Waals surface area (Å²) in [5.74, 6) is -5.13. The van der Waals surface area contributed by atoms with Gasteiger partial charge in [-0.1, -0.05) is 0 Å². The molecule has 0 aromatic rings. The zero-order chi connectivity index (χ0) is 28.5. The maximum absolute atomic E-state index is 13.4. The molecule has 2 saturated heterocycles. The number of esters is 1. The predicted molar refractivity (Wildman–Crippen MR) is 125 cm³/mol. The molecule has 214 valence electrons. The number of ether oxygens (including phenoxy) is 1. The van der Waals surface area contributed by atoms with Gasteiger partial charge in [-0.25, -0.2) is 4.79 Å². The average Bonchev–Trinajstić information content (AvgIpc) is 3.51. The molecule has 0 spiro atoms. The Morgan fingerprint density at radius 1 is 1.13 bits per heavy atom. The monoisotopic (exact) mass is 557 g/mol. The lowest BCUT2D eigenvalue weighted by Crippen LogP contribution is -2.57. The lowest BCUT2D eigenvalue weighted by Gasteiger charge is -2.40. The fourth-order valence-corrected chi connectivity index (χ4v) is 5.74. The van der Waals surface area contributed by atoms with Crippen molar-refractivity contribution in [2.24, 2.45) is 11.7 Å². The van der Waals surface area contributed by atoms with Crippen molar-refractivity contribution in [3.63, 3.8) is 0 Å². The molecule has 3 fully saturated rings. The van der Waals surface area contributed by atoms with Crippen molar-refractivity contribution in [1.29, 1.82) is 0 Å². The highest BCUT2D eigenvalue weighted by Crippen LogP contribution is 2.42. The van der Waals surface area contributed by atoms with Crippen LogP contribution in [-0.4, -0.2) is 83.4 Å². The summed E-state index contributed by atoms with van der Waals surface area (Å²) in [5, 5.41) is 7.70. The van der Waals surface area contributed by atoms with E-state index in [0.717, 1.165) is 0 Å². The predicted octanol–water partition coefficient (Wildman–Crippen LogP) is -0.685. The third-order valence-corrected chi connectivity index (χ3v) is 7.58. The number of rotatable bonds is 7. The Labute approximate surface area is 221 Å². The lowest BCUT2D eigenvalue weighted by molar-refractivity contribution is -0.157. The van der Waals surface area contributed by atoms with Gasteiger partial charge in [-0.15, -0.1) is 0 Å². The lowest BCUT2D eigenvalue weighted by atomic mass is 9.77. The third kappa shape index (κ3) is 6.50. The van der Waals surface area contributed by atoms with E-state index < -0.39 is 84.0 Å². The summed E-state index contributed by atoms with van der Waals surface area (Å²) in [5.41, 5.74) is 4.35. The van der Waals surface area contributed by atoms with E-state index >= 15 is 0 Å². The van der Waals surface area contributed by atoms with E-state index in [0.29, 0.717) is 18.9 Å². The number of nitrogens with zero attached hydrogens (tertiary/aromatic N) is 1. The van der Waals surface area contributed by atoms with Gasteiger partial charge in [0.15, 0.2) is 0 Å². The van der Waals surface area contributed by atoms with Crippen molar-refractivity contribution in [2.45, 2.75) is 87.8 Å². The summed E-state index contributed by atoms with van der Waals surface area (Å²) in [6, 6.07) is -3.71. The van der Waals surface area contributed by atoms with Crippen LogP contribution in [0.4, 0.5) is 13.2 Å². The van der Waals surface area contributed by atoms with Gasteiger partial charge >= 0.3 is 12.1 Å². The number of nitrogens with two attached hydrogens (primary N) is 1. The van der Waals surface area contributed by atoms with Gasteiger partial charge in [-0.2, -0.15) is 13.2 Å². The summed E-state index contributed by atoms with van der Waals surface area (Å²) in [7, 11) is 0. The fourth-order valence-electron chi connectivity index (χ4n) is 5.74. The van der Waals surface area contributed by atoms with E-state index in [1.165, 1.54) is 4.90 Å². The summed E-state index contributed by atoms with van der Waals surface area (Å²) in [6.07, 6.45) is -4.34. The number of primary amides is 1. The maximum Gasteiger partial charge on any atom is 0.413 e. The van der Waals surface area contributed by atoms with Crippen molar-refractivity contribution in [2.75, 3.05) is 6.54 Å². The van der Waals surface area contributed by atoms with E-state index in [-0.39, 0.29) is 44.6 Å². The number of hydrogen-bond acceptors (Lipinski definition) is 7. The van der Waals surface area contributed by atoms with Crippen LogP contribution < -0.4 is 21.7 Å². The Morgan fingerprint density at radius 3 is 2.51 bits per heavy atom. The number of halogens is 3. The topological polar surface area (TPSA) is 177 Å². The third-order valence-electron chi connectivity index (χ3n) is 7.58. The van der Waals surface area contributed by atoms with Crippen molar-refractivity contribution >= 4 is 35.5 Å². The summed E-state index contributed by atoms with van der Waals surface area (Å²) >= 11 is 0. The Kier molecular flexibility index (Phi) is 8.16. The van der Waals surface area contributed by atoms with Crippen molar-refractivity contribution in [1.82, 2.24) is 20.9 Å². The van der Waals surface area contributed by atoms with E-state index in [1.54, 1.807) is 0 Å². The minimum atomic E-state index is -4.66. The normalized spacial score (nSPS) is 29.5. The van der Waals surface area contributed by atoms with Gasteiger partial charge in [-0.3, -0.25) is 24.0 Å². The Balaban J connectivity index is 1.39. The molecule has 5 N–H and O–H groups in total. The van der Waals surface area contributed by atoms with Gasteiger partial charge < -0.3 is 31.3 Å². The SMILES string of the molecule is NC(=O)CC(NC(=O)C1CCC(=O)N1)C(=O)N1CCCC1C(=O)NC1CCC2C(C(F)(F)F)=CC(=O)OC2C1. The maximum atomic E-state index is 13.4. The number of nitrogens with one attached hydrogen (secondary N) is 3. The Bertz CT molecular complexity index is 1090. The summed E-state index contributed by atoms with van der Waals surface area (Å²) in [6.45, 7) is 0.176.